The second-order valence-corrected chi connectivity index (χ2v) is 8.84. The molecule has 0 saturated carbocycles. The molecule has 2 N–H and O–H groups in total. The lowest BCUT2D eigenvalue weighted by Crippen LogP contribution is -2.34. The molecule has 2 heterocycles. The van der Waals surface area contributed by atoms with E-state index in [1.807, 2.05) is 18.3 Å². The molecular weight excluding hydrogens is 509 g/mol. The van der Waals surface area contributed by atoms with E-state index in [-0.39, 0.29) is 16.8 Å². The summed E-state index contributed by atoms with van der Waals surface area (Å²) in [6.45, 7) is 3.63. The highest BCUT2D eigenvalue weighted by Gasteiger charge is 2.34. The molecule has 0 bridgehead atoms. The van der Waals surface area contributed by atoms with Gasteiger partial charge in [0.15, 0.2) is 0 Å². The number of carbonyl (C=O) groups excluding carboxylic acids is 2. The SMILES string of the molecule is Cc1cc2c(cn1)cc(-c1cc(NC(=O)NC(=O)c3ccc(Cl)c(C(F)(F)F)c3)ccc1C)c(=O)n2C. The number of imide groups is 1. The fourth-order valence-electron chi connectivity index (χ4n) is 3.87. The highest BCUT2D eigenvalue weighted by atomic mass is 35.5. The number of rotatable bonds is 3. The number of nitrogens with one attached hydrogen (secondary N) is 2. The van der Waals surface area contributed by atoms with Gasteiger partial charge in [-0.2, -0.15) is 13.2 Å². The van der Waals surface area contributed by atoms with Crippen LogP contribution in [0, 0.1) is 13.8 Å². The Morgan fingerprint density at radius 1 is 1.00 bits per heavy atom. The third kappa shape index (κ3) is 5.34. The van der Waals surface area contributed by atoms with Crippen LogP contribution in [0.3, 0.4) is 0 Å². The zero-order chi connectivity index (χ0) is 27.1. The maximum Gasteiger partial charge on any atom is 0.417 e. The number of anilines is 1. The Balaban J connectivity index is 1.59. The summed E-state index contributed by atoms with van der Waals surface area (Å²) < 4.78 is 40.8. The van der Waals surface area contributed by atoms with Crippen molar-refractivity contribution < 1.29 is 22.8 Å². The number of aromatic nitrogens is 2. The number of carbonyl (C=O) groups is 2. The molecule has 11 heteroatoms. The molecule has 0 aliphatic carbocycles. The van der Waals surface area contributed by atoms with Gasteiger partial charge in [0, 0.05) is 41.1 Å². The van der Waals surface area contributed by atoms with Crippen LogP contribution < -0.4 is 16.2 Å². The number of amides is 3. The number of pyridine rings is 2. The summed E-state index contributed by atoms with van der Waals surface area (Å²) in [5.41, 5.74) is 1.64. The lowest BCUT2D eigenvalue weighted by atomic mass is 9.99. The molecule has 0 unspecified atom stereocenters. The van der Waals surface area contributed by atoms with Crippen LogP contribution >= 0.6 is 11.6 Å². The van der Waals surface area contributed by atoms with Gasteiger partial charge in [-0.15, -0.1) is 0 Å². The summed E-state index contributed by atoms with van der Waals surface area (Å²) >= 11 is 5.58. The van der Waals surface area contributed by atoms with Gasteiger partial charge in [-0.05, 0) is 67.4 Å². The van der Waals surface area contributed by atoms with E-state index in [1.165, 1.54) is 4.57 Å². The van der Waals surface area contributed by atoms with E-state index < -0.39 is 28.7 Å². The van der Waals surface area contributed by atoms with Crippen molar-refractivity contribution in [2.45, 2.75) is 20.0 Å². The Kier molecular flexibility index (Phi) is 6.79. The van der Waals surface area contributed by atoms with E-state index in [0.717, 1.165) is 34.3 Å². The van der Waals surface area contributed by atoms with Gasteiger partial charge in [0.2, 0.25) is 0 Å². The topological polar surface area (TPSA) is 93.1 Å². The lowest BCUT2D eigenvalue weighted by molar-refractivity contribution is -0.137. The minimum Gasteiger partial charge on any atom is -0.311 e. The van der Waals surface area contributed by atoms with Gasteiger partial charge in [-0.1, -0.05) is 17.7 Å². The van der Waals surface area contributed by atoms with Crippen LogP contribution in [-0.2, 0) is 13.2 Å². The van der Waals surface area contributed by atoms with Crippen LogP contribution in [0.4, 0.5) is 23.7 Å². The first-order valence-electron chi connectivity index (χ1n) is 10.9. The summed E-state index contributed by atoms with van der Waals surface area (Å²) in [6, 6.07) is 10.00. The molecular formula is C26H20ClF3N4O3. The number of benzene rings is 2. The Bertz CT molecular complexity index is 1630. The van der Waals surface area contributed by atoms with E-state index in [1.54, 1.807) is 44.4 Å². The van der Waals surface area contributed by atoms with Crippen molar-refractivity contribution in [2.75, 3.05) is 5.32 Å². The first kappa shape index (κ1) is 25.9. The number of urea groups is 1. The molecule has 4 aromatic rings. The van der Waals surface area contributed by atoms with Gasteiger partial charge >= 0.3 is 12.2 Å². The van der Waals surface area contributed by atoms with Crippen molar-refractivity contribution in [1.82, 2.24) is 14.9 Å². The monoisotopic (exact) mass is 528 g/mol. The minimum absolute atomic E-state index is 0.249. The first-order valence-corrected chi connectivity index (χ1v) is 11.3. The van der Waals surface area contributed by atoms with E-state index in [2.05, 4.69) is 10.3 Å². The Labute approximate surface area is 213 Å². The molecule has 2 aromatic carbocycles. The van der Waals surface area contributed by atoms with E-state index >= 15 is 0 Å². The molecule has 0 atom stereocenters. The maximum absolute atomic E-state index is 13.1. The zero-order valence-electron chi connectivity index (χ0n) is 19.8. The molecule has 7 nitrogen and oxygen atoms in total. The first-order chi connectivity index (χ1) is 17.3. The highest BCUT2D eigenvalue weighted by Crippen LogP contribution is 2.35. The van der Waals surface area contributed by atoms with Crippen molar-refractivity contribution in [3.05, 3.63) is 92.5 Å². The number of hydrogen-bond acceptors (Lipinski definition) is 4. The molecule has 190 valence electrons. The summed E-state index contributed by atoms with van der Waals surface area (Å²) in [5.74, 6) is -1.04. The zero-order valence-corrected chi connectivity index (χ0v) is 20.6. The van der Waals surface area contributed by atoms with E-state index in [9.17, 15) is 27.6 Å². The molecule has 0 saturated heterocycles. The molecule has 3 amide bonds. The van der Waals surface area contributed by atoms with Gasteiger partial charge in [-0.25, -0.2) is 4.79 Å². The minimum atomic E-state index is -4.76. The number of halogens is 4. The summed E-state index contributed by atoms with van der Waals surface area (Å²) in [5, 5.41) is 4.66. The molecule has 4 rings (SSSR count). The normalized spacial score (nSPS) is 11.4. The van der Waals surface area contributed by atoms with Crippen LogP contribution in [-0.4, -0.2) is 21.5 Å². The van der Waals surface area contributed by atoms with Crippen molar-refractivity contribution in [3.63, 3.8) is 0 Å². The fraction of sp³-hybridized carbons (Fsp3) is 0.154. The van der Waals surface area contributed by atoms with Crippen molar-refractivity contribution in [1.29, 1.82) is 0 Å². The number of hydrogen-bond donors (Lipinski definition) is 2. The quantitative estimate of drug-likeness (QED) is 0.349. The van der Waals surface area contributed by atoms with Crippen LogP contribution in [0.5, 0.6) is 0 Å². The lowest BCUT2D eigenvalue weighted by Gasteiger charge is -2.14. The van der Waals surface area contributed by atoms with Crippen LogP contribution in [0.15, 0.2) is 59.5 Å². The Hall–Kier alpha value is -4.18. The van der Waals surface area contributed by atoms with Gasteiger partial charge in [0.05, 0.1) is 16.1 Å². The molecule has 0 radical (unpaired) electrons. The molecule has 0 aliphatic heterocycles. The van der Waals surface area contributed by atoms with Gasteiger partial charge in [0.1, 0.15) is 0 Å². The van der Waals surface area contributed by atoms with Gasteiger partial charge in [-0.3, -0.25) is 19.9 Å². The second-order valence-electron chi connectivity index (χ2n) is 8.44. The van der Waals surface area contributed by atoms with Gasteiger partial charge < -0.3 is 9.88 Å². The largest absolute Gasteiger partial charge is 0.417 e. The Morgan fingerprint density at radius 2 is 1.73 bits per heavy atom. The smallest absolute Gasteiger partial charge is 0.311 e. The highest BCUT2D eigenvalue weighted by molar-refractivity contribution is 6.31. The van der Waals surface area contributed by atoms with Gasteiger partial charge in [0.25, 0.3) is 11.5 Å². The molecule has 37 heavy (non-hydrogen) atoms. The molecule has 2 aromatic heterocycles. The average molecular weight is 529 g/mol. The second kappa shape index (κ2) is 9.70. The molecule has 0 spiro atoms. The third-order valence-electron chi connectivity index (χ3n) is 5.79. The van der Waals surface area contributed by atoms with Crippen LogP contribution in [0.25, 0.3) is 22.0 Å². The standard InChI is InChI=1S/C26H20ClF3N4O3/c1-13-4-6-17(11-18(13)19-9-16-12-31-14(2)8-22(16)34(3)24(19)36)32-25(37)33-23(35)15-5-7-21(27)20(10-15)26(28,29)30/h4-12H,1-3H3,(H2,32,33,35,37). The molecule has 0 aliphatic rings. The average Bonchev–Trinajstić information content (AvgIpc) is 2.82. The van der Waals surface area contributed by atoms with Crippen molar-refractivity contribution in [2.24, 2.45) is 7.05 Å². The van der Waals surface area contributed by atoms with Crippen molar-refractivity contribution >= 4 is 40.1 Å². The number of fused-ring (bicyclic) bond motifs is 1. The summed E-state index contributed by atoms with van der Waals surface area (Å²) in [6.07, 6.45) is -3.09. The number of alkyl halides is 3. The maximum atomic E-state index is 13.1. The predicted octanol–water partition coefficient (Wildman–Crippen LogP) is 5.85. The molecule has 0 fully saturated rings. The third-order valence-corrected chi connectivity index (χ3v) is 6.12. The summed E-state index contributed by atoms with van der Waals surface area (Å²) in [4.78, 5) is 42.2. The van der Waals surface area contributed by atoms with E-state index in [4.69, 9.17) is 11.6 Å². The van der Waals surface area contributed by atoms with Crippen molar-refractivity contribution in [3.8, 4) is 11.1 Å². The number of aryl methyl sites for hydroxylation is 3. The fourth-order valence-corrected chi connectivity index (χ4v) is 4.09. The number of nitrogens with zero attached hydrogens (tertiary/aromatic N) is 2. The van der Waals surface area contributed by atoms with Crippen LogP contribution in [0.1, 0.15) is 27.2 Å². The van der Waals surface area contributed by atoms with E-state index in [0.29, 0.717) is 17.2 Å². The Morgan fingerprint density at radius 3 is 2.43 bits per heavy atom. The predicted molar refractivity (Wildman–Crippen MR) is 135 cm³/mol. The van der Waals surface area contributed by atoms with Crippen LogP contribution in [0.2, 0.25) is 5.02 Å². The summed E-state index contributed by atoms with van der Waals surface area (Å²) in [7, 11) is 1.66.